The summed E-state index contributed by atoms with van der Waals surface area (Å²) in [6, 6.07) is 13.2. The summed E-state index contributed by atoms with van der Waals surface area (Å²) in [5, 5.41) is 4.40. The molecule has 10 heteroatoms. The molecule has 1 atom stereocenters. The molecule has 0 fully saturated rings. The Balaban J connectivity index is 1.29. The van der Waals surface area contributed by atoms with Gasteiger partial charge in [-0.1, -0.05) is 19.9 Å². The van der Waals surface area contributed by atoms with Gasteiger partial charge in [0.25, 0.3) is 5.56 Å². The van der Waals surface area contributed by atoms with Crippen molar-refractivity contribution in [2.24, 2.45) is 11.3 Å². The van der Waals surface area contributed by atoms with Gasteiger partial charge in [0.15, 0.2) is 0 Å². The van der Waals surface area contributed by atoms with Crippen LogP contribution in [0.15, 0.2) is 70.3 Å². The van der Waals surface area contributed by atoms with Gasteiger partial charge in [-0.15, -0.1) is 0 Å². The number of benzene rings is 1. The number of aromatic nitrogens is 2. The average molecular weight is 628 g/mol. The first-order chi connectivity index (χ1) is 21.9. The van der Waals surface area contributed by atoms with Crippen LogP contribution in [-0.4, -0.2) is 48.1 Å². The van der Waals surface area contributed by atoms with Crippen LogP contribution in [0.1, 0.15) is 58.8 Å². The molecule has 1 aliphatic heterocycles. The molecule has 5 rings (SSSR count). The van der Waals surface area contributed by atoms with Gasteiger partial charge in [-0.3, -0.25) is 19.4 Å². The third kappa shape index (κ3) is 6.06. The van der Waals surface area contributed by atoms with Crippen molar-refractivity contribution in [3.8, 4) is 5.75 Å². The lowest BCUT2D eigenvalue weighted by atomic mass is 9.77. The van der Waals surface area contributed by atoms with Crippen molar-refractivity contribution >= 4 is 34.2 Å². The van der Waals surface area contributed by atoms with Crippen molar-refractivity contribution in [2.45, 2.75) is 66.5 Å². The Morgan fingerprint density at radius 2 is 1.85 bits per heavy atom. The van der Waals surface area contributed by atoms with Crippen molar-refractivity contribution < 1.29 is 18.7 Å². The lowest BCUT2D eigenvalue weighted by Gasteiger charge is -2.39. The van der Waals surface area contributed by atoms with Gasteiger partial charge >= 0.3 is 0 Å². The summed E-state index contributed by atoms with van der Waals surface area (Å²) in [5.41, 5.74) is 1.35. The Morgan fingerprint density at radius 3 is 2.54 bits per heavy atom. The van der Waals surface area contributed by atoms with Gasteiger partial charge in [0.2, 0.25) is 11.8 Å². The maximum absolute atomic E-state index is 13.2. The summed E-state index contributed by atoms with van der Waals surface area (Å²) in [5.74, 6) is 1.08. The van der Waals surface area contributed by atoms with Crippen LogP contribution < -0.4 is 25.4 Å². The fraction of sp³-hybridized carbons (Fsp3) is 0.444. The van der Waals surface area contributed by atoms with Crippen molar-refractivity contribution in [1.29, 1.82) is 0 Å². The van der Waals surface area contributed by atoms with Gasteiger partial charge in [-0.25, -0.2) is 0 Å². The van der Waals surface area contributed by atoms with E-state index in [1.165, 1.54) is 0 Å². The number of nitrogens with zero attached hydrogens (tertiary/aromatic N) is 4. The van der Waals surface area contributed by atoms with E-state index < -0.39 is 11.0 Å². The van der Waals surface area contributed by atoms with Crippen LogP contribution in [0, 0.1) is 18.3 Å². The number of aryl methyl sites for hydroxylation is 2. The Bertz CT molecular complexity index is 1780. The second kappa shape index (κ2) is 13.1. The standard InChI is InChI=1S/C36H45N5O5/c1-8-41-29-13-12-27(22-30(29)39(7)33(43)35(5,6)34(41)44)45-20-10-17-38-36(24(2)3,26-11-9-16-37-23-26)15-19-40-18-14-31-28(32(40)42)21-25(4)46-31/h9,11-14,16,18,21-24,38H,8,10,15,17,19-20H2,1-7H3. The third-order valence-electron chi connectivity index (χ3n) is 9.26. The number of pyridine rings is 2. The number of hydrogen-bond acceptors (Lipinski definition) is 7. The number of hydrogen-bond donors (Lipinski definition) is 1. The molecule has 1 aromatic carbocycles. The average Bonchev–Trinajstić information content (AvgIpc) is 3.42. The molecule has 0 aliphatic carbocycles. The molecule has 1 unspecified atom stereocenters. The predicted octanol–water partition coefficient (Wildman–Crippen LogP) is 5.65. The Kier molecular flexibility index (Phi) is 9.39. The molecule has 0 saturated heterocycles. The van der Waals surface area contributed by atoms with E-state index in [1.807, 2.05) is 50.4 Å². The second-order valence-corrected chi connectivity index (χ2v) is 12.9. The lowest BCUT2D eigenvalue weighted by molar-refractivity contribution is -0.137. The molecule has 4 heterocycles. The third-order valence-corrected chi connectivity index (χ3v) is 9.26. The lowest BCUT2D eigenvalue weighted by Crippen LogP contribution is -2.48. The fourth-order valence-corrected chi connectivity index (χ4v) is 6.51. The molecule has 4 aromatic rings. The molecule has 0 saturated carbocycles. The van der Waals surface area contributed by atoms with Gasteiger partial charge < -0.3 is 28.8 Å². The molecule has 3 aromatic heterocycles. The van der Waals surface area contributed by atoms with Crippen molar-refractivity contribution in [3.05, 3.63) is 82.7 Å². The topological polar surface area (TPSA) is 110 Å². The van der Waals surface area contributed by atoms with Crippen LogP contribution in [0.25, 0.3) is 11.0 Å². The molecule has 1 aliphatic rings. The van der Waals surface area contributed by atoms with Crippen molar-refractivity contribution in [3.63, 3.8) is 0 Å². The van der Waals surface area contributed by atoms with Crippen LogP contribution in [0.4, 0.5) is 11.4 Å². The van der Waals surface area contributed by atoms with Gasteiger partial charge in [-0.05, 0) is 88.9 Å². The summed E-state index contributed by atoms with van der Waals surface area (Å²) < 4.78 is 13.6. The minimum atomic E-state index is -1.16. The molecule has 10 nitrogen and oxygen atoms in total. The van der Waals surface area contributed by atoms with Crippen molar-refractivity contribution in [1.82, 2.24) is 14.9 Å². The van der Waals surface area contributed by atoms with Gasteiger partial charge in [0.05, 0.1) is 23.4 Å². The SMILES string of the molecule is CCN1C(=O)C(C)(C)C(=O)N(C)c2cc(OCCCNC(CCn3ccc4oc(C)cc4c3=O)(c3cccnc3)C(C)C)ccc21. The zero-order chi connectivity index (χ0) is 33.2. The Labute approximate surface area is 270 Å². The van der Waals surface area contributed by atoms with E-state index in [2.05, 4.69) is 30.2 Å². The van der Waals surface area contributed by atoms with E-state index in [0.717, 1.165) is 5.56 Å². The molecular weight excluding hydrogens is 582 g/mol. The highest BCUT2D eigenvalue weighted by atomic mass is 16.5. The first-order valence-corrected chi connectivity index (χ1v) is 16.0. The maximum atomic E-state index is 13.2. The van der Waals surface area contributed by atoms with E-state index in [-0.39, 0.29) is 23.3 Å². The zero-order valence-corrected chi connectivity index (χ0v) is 27.9. The van der Waals surface area contributed by atoms with E-state index in [0.29, 0.717) is 72.9 Å². The molecule has 244 valence electrons. The van der Waals surface area contributed by atoms with Crippen LogP contribution in [-0.2, 0) is 21.7 Å². The van der Waals surface area contributed by atoms with Crippen molar-refractivity contribution in [2.75, 3.05) is 36.5 Å². The summed E-state index contributed by atoms with van der Waals surface area (Å²) in [6.45, 7) is 13.6. The van der Waals surface area contributed by atoms with Crippen LogP contribution in [0.3, 0.4) is 0 Å². The fourth-order valence-electron chi connectivity index (χ4n) is 6.51. The monoisotopic (exact) mass is 627 g/mol. The van der Waals surface area contributed by atoms with Crippen LogP contribution in [0.2, 0.25) is 0 Å². The summed E-state index contributed by atoms with van der Waals surface area (Å²) in [7, 11) is 1.70. The highest BCUT2D eigenvalue weighted by molar-refractivity contribution is 6.20. The van der Waals surface area contributed by atoms with E-state index in [1.54, 1.807) is 53.7 Å². The number of nitrogens with one attached hydrogen (secondary N) is 1. The predicted molar refractivity (Wildman–Crippen MR) is 180 cm³/mol. The number of carbonyl (C=O) groups is 2. The number of anilines is 2. The van der Waals surface area contributed by atoms with Gasteiger partial charge in [0, 0.05) is 50.3 Å². The Morgan fingerprint density at radius 1 is 1.07 bits per heavy atom. The molecule has 46 heavy (non-hydrogen) atoms. The van der Waals surface area contributed by atoms with Gasteiger partial charge in [0.1, 0.15) is 22.5 Å². The molecule has 0 bridgehead atoms. The molecule has 2 amide bonds. The number of amides is 2. The van der Waals surface area contributed by atoms with Crippen LogP contribution >= 0.6 is 0 Å². The summed E-state index contributed by atoms with van der Waals surface area (Å²) >= 11 is 0. The largest absolute Gasteiger partial charge is 0.493 e. The van der Waals surface area contributed by atoms with E-state index in [9.17, 15) is 14.4 Å². The second-order valence-electron chi connectivity index (χ2n) is 12.9. The number of fused-ring (bicyclic) bond motifs is 2. The smallest absolute Gasteiger partial charge is 0.261 e. The summed E-state index contributed by atoms with van der Waals surface area (Å²) in [4.78, 5) is 47.3. The number of rotatable bonds is 12. The molecular formula is C36H45N5O5. The summed E-state index contributed by atoms with van der Waals surface area (Å²) in [6.07, 6.45) is 6.86. The highest BCUT2D eigenvalue weighted by Gasteiger charge is 2.45. The minimum Gasteiger partial charge on any atom is -0.493 e. The quantitative estimate of drug-likeness (QED) is 0.160. The molecule has 0 spiro atoms. The van der Waals surface area contributed by atoms with E-state index >= 15 is 0 Å². The normalized spacial score (nSPS) is 16.1. The number of carbonyl (C=O) groups excluding carboxylic acids is 2. The first kappa shape index (κ1) is 32.9. The molecule has 1 N–H and O–H groups in total. The number of ether oxygens (including phenoxy) is 1. The molecule has 0 radical (unpaired) electrons. The first-order valence-electron chi connectivity index (χ1n) is 16.0. The minimum absolute atomic E-state index is 0.0605. The number of furan rings is 1. The Hall–Kier alpha value is -4.44. The van der Waals surface area contributed by atoms with E-state index in [4.69, 9.17) is 9.15 Å². The zero-order valence-electron chi connectivity index (χ0n) is 27.9. The highest BCUT2D eigenvalue weighted by Crippen LogP contribution is 2.40. The van der Waals surface area contributed by atoms with Crippen LogP contribution in [0.5, 0.6) is 5.75 Å². The maximum Gasteiger partial charge on any atom is 0.261 e. The van der Waals surface area contributed by atoms with Gasteiger partial charge in [-0.2, -0.15) is 0 Å².